The second-order valence-corrected chi connectivity index (χ2v) is 28.8. The predicted octanol–water partition coefficient (Wildman–Crippen LogP) is 9.67. The first-order valence-corrected chi connectivity index (χ1v) is 33.9. The number of aromatic nitrogens is 3. The van der Waals surface area contributed by atoms with E-state index in [-0.39, 0.29) is 107 Å². The molecule has 0 saturated carbocycles. The van der Waals surface area contributed by atoms with E-state index in [2.05, 4.69) is 40.7 Å². The fourth-order valence-electron chi connectivity index (χ4n) is 7.98. The monoisotopic (exact) mass is 1320 g/mol. The molecule has 0 aliphatic carbocycles. The highest BCUT2D eigenvalue weighted by molar-refractivity contribution is 7.99. The third kappa shape index (κ3) is 13.7. The summed E-state index contributed by atoms with van der Waals surface area (Å²) in [6.45, 7) is 4.19. The number of thioether (sulfide) groups is 1. The fraction of sp³-hybridized carbons (Fsp3) is 0.205. The van der Waals surface area contributed by atoms with Gasteiger partial charge in [-0.3, -0.25) is 31.7 Å². The maximum Gasteiger partial charge on any atom is 0.296 e. The highest BCUT2D eigenvalue weighted by atomic mass is 35.5. The molecular formula is C44H37ClN10O20S8. The van der Waals surface area contributed by atoms with Crippen LogP contribution in [0.2, 0.25) is 5.02 Å². The van der Waals surface area contributed by atoms with Gasteiger partial charge in [0.25, 0.3) is 60.7 Å². The number of fused-ring (bicyclic) bond motifs is 6. The van der Waals surface area contributed by atoms with E-state index < -0.39 is 114 Å². The lowest BCUT2D eigenvalue weighted by Gasteiger charge is -2.12. The molecule has 0 saturated heterocycles. The Labute approximate surface area is 482 Å². The van der Waals surface area contributed by atoms with Gasteiger partial charge in [0.2, 0.25) is 11.0 Å². The molecule has 8 rings (SSSR count). The maximum absolute atomic E-state index is 12.6. The van der Waals surface area contributed by atoms with Gasteiger partial charge in [-0.1, -0.05) is 22.9 Å². The van der Waals surface area contributed by atoms with Crippen molar-refractivity contribution in [1.82, 2.24) is 14.4 Å². The Balaban J connectivity index is 1.21. The van der Waals surface area contributed by atoms with Crippen LogP contribution in [0.15, 0.2) is 110 Å². The summed E-state index contributed by atoms with van der Waals surface area (Å²) in [7, 11) is -29.4. The van der Waals surface area contributed by atoms with Gasteiger partial charge < -0.3 is 9.84 Å². The molecule has 0 aliphatic heterocycles. The van der Waals surface area contributed by atoms with E-state index in [9.17, 15) is 88.2 Å². The number of thiazole rings is 1. The zero-order chi connectivity index (χ0) is 61.1. The minimum Gasteiger partial charge on any atom is -0.493 e. The number of pyridine rings is 1. The lowest BCUT2D eigenvalue weighted by atomic mass is 10.1. The van der Waals surface area contributed by atoms with Crippen LogP contribution in [0.4, 0.5) is 33.6 Å². The quantitative estimate of drug-likeness (QED) is 0.0161. The van der Waals surface area contributed by atoms with Crippen LogP contribution in [0.1, 0.15) is 35.1 Å². The number of benzene rings is 5. The number of rotatable bonds is 20. The lowest BCUT2D eigenvalue weighted by Crippen LogP contribution is -2.08. The van der Waals surface area contributed by atoms with Crippen LogP contribution >= 0.6 is 34.7 Å². The van der Waals surface area contributed by atoms with Crippen molar-refractivity contribution in [3.63, 3.8) is 0 Å². The SMILES string of the molecule is Cc1cc(N=Nc2cc(OCCCS(=O)(=O)O)c(N=Nc3c(C)c(C#N)c4nc5ccc(S(=O)(=O)O)c(Cl)c5n4c3O)cc2C)c(SCCCS(=O)(=O)O)cc1N=Nc1nc2c(S(=O)(=O)O)cc3c(S(=O)(=O)O)cc(S(=O)(=O)O)cc3c2s1. The summed E-state index contributed by atoms with van der Waals surface area (Å²) in [6, 6.07) is 11.6. The summed E-state index contributed by atoms with van der Waals surface area (Å²) in [5.74, 6) is -2.12. The maximum atomic E-state index is 12.6. The van der Waals surface area contributed by atoms with E-state index in [4.69, 9.17) is 16.3 Å². The van der Waals surface area contributed by atoms with Crippen LogP contribution < -0.4 is 4.74 Å². The van der Waals surface area contributed by atoms with Gasteiger partial charge in [-0.05, 0) is 99.0 Å². The largest absolute Gasteiger partial charge is 0.493 e. The number of imidazole rings is 1. The van der Waals surface area contributed by atoms with Crippen LogP contribution in [-0.2, 0) is 60.7 Å². The van der Waals surface area contributed by atoms with Crippen molar-refractivity contribution in [2.24, 2.45) is 30.7 Å². The Morgan fingerprint density at radius 3 is 1.87 bits per heavy atom. The Bertz CT molecular complexity index is 4950. The van der Waals surface area contributed by atoms with E-state index >= 15 is 0 Å². The van der Waals surface area contributed by atoms with Gasteiger partial charge in [0.1, 0.15) is 43.3 Å². The first-order valence-electron chi connectivity index (χ1n) is 22.7. The van der Waals surface area contributed by atoms with E-state index in [1.165, 1.54) is 37.3 Å². The molecule has 7 N–H and O–H groups in total. The van der Waals surface area contributed by atoms with E-state index in [1.54, 1.807) is 13.8 Å². The van der Waals surface area contributed by atoms with E-state index in [0.29, 0.717) is 34.6 Å². The van der Waals surface area contributed by atoms with E-state index in [0.717, 1.165) is 28.3 Å². The number of nitriles is 1. The van der Waals surface area contributed by atoms with Crippen molar-refractivity contribution in [3.05, 3.63) is 81.9 Å². The zero-order valence-corrected chi connectivity index (χ0v) is 49.3. The molecule has 83 heavy (non-hydrogen) atoms. The summed E-state index contributed by atoms with van der Waals surface area (Å²) in [5, 5.41) is 45.7. The molecule has 0 unspecified atom stereocenters. The van der Waals surface area contributed by atoms with Gasteiger partial charge in [-0.2, -0.15) is 60.9 Å². The minimum atomic E-state index is -5.32. The van der Waals surface area contributed by atoms with E-state index in [1.807, 2.05) is 6.07 Å². The second kappa shape index (κ2) is 23.0. The number of hydrogen-bond acceptors (Lipinski definition) is 25. The number of ether oxygens (including phenoxy) is 1. The third-order valence-electron chi connectivity index (χ3n) is 11.8. The molecule has 0 fully saturated rings. The molecule has 8 aromatic rings. The molecule has 0 spiro atoms. The molecule has 39 heteroatoms. The molecule has 3 heterocycles. The Morgan fingerprint density at radius 1 is 0.663 bits per heavy atom. The molecule has 0 aliphatic rings. The van der Waals surface area contributed by atoms with Crippen molar-refractivity contribution >= 4 is 167 Å². The molecule has 3 aromatic heterocycles. The van der Waals surface area contributed by atoms with Crippen LogP contribution in [0.3, 0.4) is 0 Å². The van der Waals surface area contributed by atoms with Crippen molar-refractivity contribution in [1.29, 1.82) is 5.26 Å². The highest BCUT2D eigenvalue weighted by Crippen LogP contribution is 2.46. The summed E-state index contributed by atoms with van der Waals surface area (Å²) in [5.41, 5.74) is -0.407. The van der Waals surface area contributed by atoms with Gasteiger partial charge in [0.15, 0.2) is 11.3 Å². The number of aryl methyl sites for hydroxylation is 2. The normalized spacial score (nSPS) is 13.3. The van der Waals surface area contributed by atoms with Crippen LogP contribution in [0, 0.1) is 32.1 Å². The smallest absolute Gasteiger partial charge is 0.296 e. The van der Waals surface area contributed by atoms with Gasteiger partial charge in [0.05, 0.1) is 60.8 Å². The lowest BCUT2D eigenvalue weighted by molar-refractivity contribution is 0.317. The first kappa shape index (κ1) is 62.2. The molecule has 30 nitrogen and oxygen atoms in total. The van der Waals surface area contributed by atoms with Crippen LogP contribution in [0.5, 0.6) is 11.6 Å². The molecule has 5 aromatic carbocycles. The Kier molecular flexibility index (Phi) is 17.2. The van der Waals surface area contributed by atoms with Crippen molar-refractivity contribution < 1.29 is 87.7 Å². The molecular weight excluding hydrogens is 1280 g/mol. The molecule has 438 valence electrons. The number of aromatic hydroxyl groups is 1. The minimum absolute atomic E-state index is 0.0213. The number of hydrogen-bond donors (Lipinski definition) is 7. The van der Waals surface area contributed by atoms with Gasteiger partial charge in [-0.15, -0.1) is 37.3 Å². The summed E-state index contributed by atoms with van der Waals surface area (Å²) < 4.78 is 210. The van der Waals surface area contributed by atoms with Crippen LogP contribution in [-0.4, -0.2) is 121 Å². The van der Waals surface area contributed by atoms with Gasteiger partial charge >= 0.3 is 0 Å². The van der Waals surface area contributed by atoms with Crippen LogP contribution in [0.25, 0.3) is 37.7 Å². The standard InChI is InChI=1S/C44H37ClN10O20S8/c1-20-12-30(51-53-38-22(3)26(19-46)42-47-27-6-7-34(81(66,67)68)37(45)40(27)55(42)43(38)56)32(75-8-4-10-78(57,58)59)17-28(20)49-52-31-13-21(2)29(18-33(31)76-9-5-11-79(60,61)62)50-54-44-48-39-36(83(72,73)74)16-24-25(41(39)77-44)14-23(80(63,64)65)15-35(24)82(69,70)71/h6-7,12-18,56H,4-5,8-11H2,1-3H3,(H,57,58,59)(H,60,61,62)(H,63,64,65)(H,66,67,68)(H,69,70,71)(H,72,73,74). The molecule has 0 atom stereocenters. The Hall–Kier alpha value is -6.81. The highest BCUT2D eigenvalue weighted by Gasteiger charge is 2.29. The van der Waals surface area contributed by atoms with Gasteiger partial charge in [-0.25, -0.2) is 9.97 Å². The van der Waals surface area contributed by atoms with Crippen molar-refractivity contribution in [2.75, 3.05) is 23.9 Å². The predicted molar refractivity (Wildman–Crippen MR) is 298 cm³/mol. The number of halogens is 1. The summed E-state index contributed by atoms with van der Waals surface area (Å²) in [4.78, 5) is 4.88. The average molecular weight is 1320 g/mol. The summed E-state index contributed by atoms with van der Waals surface area (Å²) in [6.07, 6.45) is -0.308. The van der Waals surface area contributed by atoms with Gasteiger partial charge in [0, 0.05) is 27.3 Å². The molecule has 0 bridgehead atoms. The first-order chi connectivity index (χ1) is 38.4. The number of azo groups is 3. The van der Waals surface area contributed by atoms with Crippen molar-refractivity contribution in [3.8, 4) is 17.7 Å². The molecule has 0 amide bonds. The second-order valence-electron chi connectivity index (χ2n) is 17.6. The average Bonchev–Trinajstić information content (AvgIpc) is 3.30. The zero-order valence-electron chi connectivity index (χ0n) is 42.0. The third-order valence-corrected chi connectivity index (χ3v) is 19.5. The molecule has 0 radical (unpaired) electrons. The summed E-state index contributed by atoms with van der Waals surface area (Å²) >= 11 is 7.99. The van der Waals surface area contributed by atoms with Crippen molar-refractivity contribution in [2.45, 2.75) is 58.1 Å². The number of nitrogens with zero attached hydrogens (tertiary/aromatic N) is 10. The Morgan fingerprint density at radius 2 is 1.25 bits per heavy atom. The fourth-order valence-corrected chi connectivity index (χ4v) is 14.2. The topological polar surface area (TPSA) is 484 Å².